The number of halogens is 1. The summed E-state index contributed by atoms with van der Waals surface area (Å²) in [4.78, 5) is 13.9. The van der Waals surface area contributed by atoms with Crippen LogP contribution in [0.5, 0.6) is 5.75 Å². The molecule has 0 aliphatic rings. The van der Waals surface area contributed by atoms with Gasteiger partial charge in [-0.15, -0.1) is 0 Å². The van der Waals surface area contributed by atoms with Gasteiger partial charge in [0, 0.05) is 36.0 Å². The number of hydrazone groups is 1. The minimum absolute atomic E-state index is 0.0826. The Hall–Kier alpha value is -2.89. The van der Waals surface area contributed by atoms with E-state index in [2.05, 4.69) is 15.4 Å². The Morgan fingerprint density at radius 2 is 1.88 bits per heavy atom. The minimum Gasteiger partial charge on any atom is -0.507 e. The van der Waals surface area contributed by atoms with Crippen molar-refractivity contribution in [2.45, 2.75) is 13.8 Å². The van der Waals surface area contributed by atoms with Gasteiger partial charge in [0.25, 0.3) is 5.91 Å². The van der Waals surface area contributed by atoms with Gasteiger partial charge >= 0.3 is 0 Å². The number of phenols is 1. The second-order valence-corrected chi connectivity index (χ2v) is 5.12. The number of carbonyl (C=O) groups excluding carboxylic acids is 1. The van der Waals surface area contributed by atoms with E-state index in [1.165, 1.54) is 30.5 Å². The van der Waals surface area contributed by atoms with Crippen LogP contribution >= 0.6 is 0 Å². The molecular weight excluding hydrogens is 309 g/mol. The number of phenolic OH excluding ortho intramolecular Hbond substituents is 1. The number of amides is 1. The molecule has 126 valence electrons. The number of anilines is 1. The topological polar surface area (TPSA) is 64.9 Å². The summed E-state index contributed by atoms with van der Waals surface area (Å²) in [6.45, 7) is 5.77. The summed E-state index contributed by atoms with van der Waals surface area (Å²) in [6.07, 6.45) is 1.36. The van der Waals surface area contributed by atoms with Gasteiger partial charge in [-0.05, 0) is 50.2 Å². The molecule has 2 N–H and O–H groups in total. The first kappa shape index (κ1) is 17.5. The average Bonchev–Trinajstić information content (AvgIpc) is 2.58. The average molecular weight is 329 g/mol. The normalized spacial score (nSPS) is 10.8. The Kier molecular flexibility index (Phi) is 5.89. The van der Waals surface area contributed by atoms with Crippen molar-refractivity contribution in [2.75, 3.05) is 18.0 Å². The maximum absolute atomic E-state index is 12.8. The van der Waals surface area contributed by atoms with E-state index in [0.29, 0.717) is 11.1 Å². The zero-order valence-corrected chi connectivity index (χ0v) is 13.7. The van der Waals surface area contributed by atoms with Gasteiger partial charge in [-0.1, -0.05) is 0 Å². The third-order valence-corrected chi connectivity index (χ3v) is 3.62. The van der Waals surface area contributed by atoms with Crippen LogP contribution in [-0.2, 0) is 0 Å². The third-order valence-electron chi connectivity index (χ3n) is 3.62. The quantitative estimate of drug-likeness (QED) is 0.632. The number of nitrogens with one attached hydrogen (secondary N) is 1. The number of benzene rings is 2. The lowest BCUT2D eigenvalue weighted by Crippen LogP contribution is -2.21. The minimum atomic E-state index is -0.453. The van der Waals surface area contributed by atoms with Crippen molar-refractivity contribution >= 4 is 17.8 Å². The van der Waals surface area contributed by atoms with Gasteiger partial charge in [-0.2, -0.15) is 5.10 Å². The number of carbonyl (C=O) groups is 1. The van der Waals surface area contributed by atoms with E-state index in [0.717, 1.165) is 18.8 Å². The lowest BCUT2D eigenvalue weighted by molar-refractivity contribution is 0.0955. The second kappa shape index (κ2) is 8.10. The molecule has 2 aromatic carbocycles. The Labute approximate surface area is 140 Å². The molecule has 0 radical (unpaired) electrons. The highest BCUT2D eigenvalue weighted by molar-refractivity contribution is 5.95. The van der Waals surface area contributed by atoms with Crippen molar-refractivity contribution < 1.29 is 14.3 Å². The van der Waals surface area contributed by atoms with Crippen LogP contribution in [-0.4, -0.2) is 30.3 Å². The van der Waals surface area contributed by atoms with Crippen molar-refractivity contribution in [3.8, 4) is 5.75 Å². The monoisotopic (exact) mass is 329 g/mol. The van der Waals surface area contributed by atoms with E-state index >= 15 is 0 Å². The van der Waals surface area contributed by atoms with Gasteiger partial charge in [-0.25, -0.2) is 9.82 Å². The Morgan fingerprint density at radius 1 is 1.21 bits per heavy atom. The van der Waals surface area contributed by atoms with Gasteiger partial charge in [0.05, 0.1) is 6.21 Å². The molecule has 6 heteroatoms. The lowest BCUT2D eigenvalue weighted by Gasteiger charge is -2.21. The summed E-state index contributed by atoms with van der Waals surface area (Å²) in [5.41, 5.74) is 4.05. The largest absolute Gasteiger partial charge is 0.507 e. The smallest absolute Gasteiger partial charge is 0.271 e. The Balaban J connectivity index is 2.03. The van der Waals surface area contributed by atoms with Gasteiger partial charge in [0.1, 0.15) is 11.6 Å². The first-order chi connectivity index (χ1) is 11.5. The number of hydrogen-bond donors (Lipinski definition) is 2. The molecule has 0 heterocycles. The maximum atomic E-state index is 12.8. The molecule has 0 fully saturated rings. The van der Waals surface area contributed by atoms with Crippen molar-refractivity contribution in [3.05, 3.63) is 59.4 Å². The highest BCUT2D eigenvalue weighted by Crippen LogP contribution is 2.23. The zero-order valence-electron chi connectivity index (χ0n) is 13.7. The summed E-state index contributed by atoms with van der Waals surface area (Å²) < 4.78 is 12.8. The summed E-state index contributed by atoms with van der Waals surface area (Å²) in [6, 6.07) is 10.4. The van der Waals surface area contributed by atoms with Crippen molar-refractivity contribution in [3.63, 3.8) is 0 Å². The van der Waals surface area contributed by atoms with Crippen molar-refractivity contribution in [1.29, 1.82) is 0 Å². The molecule has 24 heavy (non-hydrogen) atoms. The molecule has 0 saturated heterocycles. The fourth-order valence-electron chi connectivity index (χ4n) is 2.25. The molecule has 0 unspecified atom stereocenters. The number of nitrogens with zero attached hydrogens (tertiary/aromatic N) is 2. The molecule has 0 aliphatic heterocycles. The SMILES string of the molecule is CCN(CC)c1ccc(/C=N\NC(=O)c2ccc(F)cc2)c(O)c1. The van der Waals surface area contributed by atoms with Crippen LogP contribution in [0.1, 0.15) is 29.8 Å². The van der Waals surface area contributed by atoms with E-state index < -0.39 is 11.7 Å². The first-order valence-electron chi connectivity index (χ1n) is 7.72. The third kappa shape index (κ3) is 4.32. The Morgan fingerprint density at radius 3 is 2.46 bits per heavy atom. The first-order valence-corrected chi connectivity index (χ1v) is 7.72. The second-order valence-electron chi connectivity index (χ2n) is 5.12. The molecule has 2 rings (SSSR count). The number of aromatic hydroxyl groups is 1. The van der Waals surface area contributed by atoms with E-state index in [1.807, 2.05) is 19.9 Å². The fourth-order valence-corrected chi connectivity index (χ4v) is 2.25. The molecule has 1 amide bonds. The van der Waals surface area contributed by atoms with Crippen LogP contribution in [0, 0.1) is 5.82 Å². The van der Waals surface area contributed by atoms with Crippen LogP contribution in [0.4, 0.5) is 10.1 Å². The molecule has 2 aromatic rings. The van der Waals surface area contributed by atoms with E-state index in [9.17, 15) is 14.3 Å². The van der Waals surface area contributed by atoms with Crippen LogP contribution in [0.25, 0.3) is 0 Å². The van der Waals surface area contributed by atoms with E-state index in [1.54, 1.807) is 12.1 Å². The predicted molar refractivity (Wildman–Crippen MR) is 93.1 cm³/mol. The van der Waals surface area contributed by atoms with Crippen LogP contribution in [0.15, 0.2) is 47.6 Å². The molecule has 0 aromatic heterocycles. The molecule has 0 aliphatic carbocycles. The Bertz CT molecular complexity index is 726. The molecule has 0 saturated carbocycles. The predicted octanol–water partition coefficient (Wildman–Crippen LogP) is 3.14. The van der Waals surface area contributed by atoms with Crippen molar-refractivity contribution in [2.24, 2.45) is 5.10 Å². The van der Waals surface area contributed by atoms with Crippen LogP contribution < -0.4 is 10.3 Å². The zero-order chi connectivity index (χ0) is 17.5. The summed E-state index contributed by atoms with van der Waals surface area (Å²) in [5.74, 6) is -0.780. The summed E-state index contributed by atoms with van der Waals surface area (Å²) in [5, 5.41) is 13.9. The van der Waals surface area contributed by atoms with E-state index in [4.69, 9.17) is 0 Å². The van der Waals surface area contributed by atoms with Gasteiger partial charge < -0.3 is 10.0 Å². The highest BCUT2D eigenvalue weighted by atomic mass is 19.1. The molecule has 0 spiro atoms. The highest BCUT2D eigenvalue weighted by Gasteiger charge is 2.06. The maximum Gasteiger partial charge on any atom is 0.271 e. The standard InChI is InChI=1S/C18H20FN3O2/c1-3-22(4-2)16-10-7-14(17(23)11-16)12-20-21-18(24)13-5-8-15(19)9-6-13/h5-12,23H,3-4H2,1-2H3,(H,21,24)/b20-12-. The van der Waals surface area contributed by atoms with Crippen LogP contribution in [0.3, 0.4) is 0 Å². The van der Waals surface area contributed by atoms with Crippen LogP contribution in [0.2, 0.25) is 0 Å². The lowest BCUT2D eigenvalue weighted by atomic mass is 10.2. The summed E-state index contributed by atoms with van der Waals surface area (Å²) >= 11 is 0. The van der Waals surface area contributed by atoms with Gasteiger partial charge in [0.2, 0.25) is 0 Å². The molecule has 0 atom stereocenters. The number of rotatable bonds is 6. The van der Waals surface area contributed by atoms with Crippen molar-refractivity contribution in [1.82, 2.24) is 5.43 Å². The summed E-state index contributed by atoms with van der Waals surface area (Å²) in [7, 11) is 0. The molecule has 0 bridgehead atoms. The van der Waals surface area contributed by atoms with Gasteiger partial charge in [0.15, 0.2) is 0 Å². The molecular formula is C18H20FN3O2. The number of hydrogen-bond acceptors (Lipinski definition) is 4. The van der Waals surface area contributed by atoms with E-state index in [-0.39, 0.29) is 5.75 Å². The van der Waals surface area contributed by atoms with Gasteiger partial charge in [-0.3, -0.25) is 4.79 Å². The molecule has 5 nitrogen and oxygen atoms in total. The fraction of sp³-hybridized carbons (Fsp3) is 0.222.